The average Bonchev–Trinajstić information content (AvgIpc) is 2.27. The summed E-state index contributed by atoms with van der Waals surface area (Å²) in [5.74, 6) is -0.475. The van der Waals surface area contributed by atoms with Gasteiger partial charge in [0.25, 0.3) is 0 Å². The van der Waals surface area contributed by atoms with Gasteiger partial charge in [-0.1, -0.05) is 53.2 Å². The standard InChI is InChI=1S/C10H10ClIO3S/c1-2-16(14,15)10(12)9(13)7-4-3-5-8(11)6-7/h3-6,10H,2H2,1H3/t10-/m0/s1. The van der Waals surface area contributed by atoms with Gasteiger partial charge in [-0.25, -0.2) is 8.42 Å². The average molecular weight is 373 g/mol. The van der Waals surface area contributed by atoms with E-state index in [4.69, 9.17) is 11.6 Å². The lowest BCUT2D eigenvalue weighted by Crippen LogP contribution is -2.25. The van der Waals surface area contributed by atoms with E-state index in [0.29, 0.717) is 10.6 Å². The molecule has 1 atom stereocenters. The monoisotopic (exact) mass is 372 g/mol. The Morgan fingerprint density at radius 2 is 2.12 bits per heavy atom. The maximum absolute atomic E-state index is 11.9. The molecule has 0 saturated carbocycles. The molecule has 88 valence electrons. The summed E-state index contributed by atoms with van der Waals surface area (Å²) in [6, 6.07) is 6.29. The van der Waals surface area contributed by atoms with Crippen LogP contribution in [0.15, 0.2) is 24.3 Å². The molecule has 0 heterocycles. The molecule has 0 saturated heterocycles. The second kappa shape index (κ2) is 5.46. The van der Waals surface area contributed by atoms with Crippen molar-refractivity contribution in [3.05, 3.63) is 34.9 Å². The topological polar surface area (TPSA) is 51.2 Å². The summed E-state index contributed by atoms with van der Waals surface area (Å²) in [5, 5.41) is 0.420. The van der Waals surface area contributed by atoms with Gasteiger partial charge < -0.3 is 0 Å². The maximum atomic E-state index is 11.9. The molecular formula is C10H10ClIO3S. The van der Waals surface area contributed by atoms with Crippen LogP contribution in [0, 0.1) is 0 Å². The van der Waals surface area contributed by atoms with Crippen LogP contribution in [0.2, 0.25) is 5.02 Å². The molecule has 0 aliphatic carbocycles. The molecule has 6 heteroatoms. The molecule has 16 heavy (non-hydrogen) atoms. The van der Waals surface area contributed by atoms with Gasteiger partial charge in [-0.2, -0.15) is 0 Å². The number of carbonyl (C=O) groups is 1. The molecule has 0 spiro atoms. The van der Waals surface area contributed by atoms with Crippen molar-refractivity contribution in [3.63, 3.8) is 0 Å². The van der Waals surface area contributed by atoms with Crippen LogP contribution in [0.1, 0.15) is 17.3 Å². The third-order valence-corrected chi connectivity index (χ3v) is 6.81. The van der Waals surface area contributed by atoms with Crippen molar-refractivity contribution in [2.24, 2.45) is 0 Å². The molecule has 0 aromatic heterocycles. The molecule has 0 radical (unpaired) electrons. The minimum absolute atomic E-state index is 0.0487. The molecular weight excluding hydrogens is 363 g/mol. The number of carbonyl (C=O) groups excluding carboxylic acids is 1. The van der Waals surface area contributed by atoms with Crippen molar-refractivity contribution in [1.82, 2.24) is 0 Å². The van der Waals surface area contributed by atoms with Crippen LogP contribution < -0.4 is 0 Å². The summed E-state index contributed by atoms with van der Waals surface area (Å²) in [6.45, 7) is 1.52. The molecule has 0 bridgehead atoms. The van der Waals surface area contributed by atoms with Crippen LogP contribution in [0.5, 0.6) is 0 Å². The second-order valence-corrected chi connectivity index (χ2v) is 8.04. The fraction of sp³-hybridized carbons (Fsp3) is 0.300. The lowest BCUT2D eigenvalue weighted by Gasteiger charge is -2.08. The Morgan fingerprint density at radius 3 is 2.62 bits per heavy atom. The minimum atomic E-state index is -3.36. The number of hydrogen-bond donors (Lipinski definition) is 0. The normalized spacial score (nSPS) is 13.4. The highest BCUT2D eigenvalue weighted by Crippen LogP contribution is 2.19. The van der Waals surface area contributed by atoms with E-state index in [2.05, 4.69) is 0 Å². The maximum Gasteiger partial charge on any atom is 0.190 e. The van der Waals surface area contributed by atoms with Crippen molar-refractivity contribution in [1.29, 1.82) is 0 Å². The van der Waals surface area contributed by atoms with E-state index >= 15 is 0 Å². The number of benzene rings is 1. The second-order valence-electron chi connectivity index (χ2n) is 3.14. The Hall–Kier alpha value is -0.140. The van der Waals surface area contributed by atoms with Crippen LogP contribution in [-0.4, -0.2) is 23.2 Å². The van der Waals surface area contributed by atoms with Gasteiger partial charge in [-0.15, -0.1) is 0 Å². The molecule has 0 fully saturated rings. The zero-order chi connectivity index (χ0) is 12.3. The fourth-order valence-corrected chi connectivity index (χ4v) is 3.47. The van der Waals surface area contributed by atoms with Gasteiger partial charge in [0.2, 0.25) is 0 Å². The van der Waals surface area contributed by atoms with Crippen LogP contribution in [0.3, 0.4) is 0 Å². The van der Waals surface area contributed by atoms with E-state index in [9.17, 15) is 13.2 Å². The number of Topliss-reactive ketones (excluding diaryl/α,β-unsaturated/α-hetero) is 1. The van der Waals surface area contributed by atoms with Gasteiger partial charge in [0, 0.05) is 16.3 Å². The smallest absolute Gasteiger partial charge is 0.190 e. The fourth-order valence-electron chi connectivity index (χ4n) is 1.08. The van der Waals surface area contributed by atoms with Crippen molar-refractivity contribution < 1.29 is 13.2 Å². The van der Waals surface area contributed by atoms with Crippen molar-refractivity contribution in [3.8, 4) is 0 Å². The van der Waals surface area contributed by atoms with E-state index in [1.165, 1.54) is 13.0 Å². The highest BCUT2D eigenvalue weighted by atomic mass is 127. The highest BCUT2D eigenvalue weighted by molar-refractivity contribution is 14.1. The zero-order valence-corrected chi connectivity index (χ0v) is 12.2. The van der Waals surface area contributed by atoms with Crippen molar-refractivity contribution in [2.75, 3.05) is 5.75 Å². The molecule has 0 aliphatic heterocycles. The number of alkyl halides is 1. The number of halogens is 2. The van der Waals surface area contributed by atoms with Crippen molar-refractivity contribution in [2.45, 2.75) is 10.2 Å². The lowest BCUT2D eigenvalue weighted by molar-refractivity contribution is 0.101. The van der Waals surface area contributed by atoms with E-state index in [0.717, 1.165) is 0 Å². The Kier molecular flexibility index (Phi) is 4.75. The third-order valence-electron chi connectivity index (χ3n) is 2.03. The summed E-state index contributed by atoms with van der Waals surface area (Å²) in [4.78, 5) is 11.9. The number of rotatable bonds is 4. The van der Waals surface area contributed by atoms with Crippen LogP contribution in [-0.2, 0) is 9.84 Å². The first-order chi connectivity index (χ1) is 7.38. The van der Waals surface area contributed by atoms with E-state index in [-0.39, 0.29) is 5.75 Å². The van der Waals surface area contributed by atoms with Gasteiger partial charge in [-0.3, -0.25) is 4.79 Å². The van der Waals surface area contributed by atoms with E-state index in [1.54, 1.807) is 40.8 Å². The summed E-state index contributed by atoms with van der Waals surface area (Å²) in [6.07, 6.45) is 0. The molecule has 0 aliphatic rings. The first-order valence-electron chi connectivity index (χ1n) is 4.54. The van der Waals surface area contributed by atoms with E-state index in [1.807, 2.05) is 0 Å². The number of hydrogen-bond acceptors (Lipinski definition) is 3. The Bertz CT molecular complexity index is 499. The number of ketones is 1. The zero-order valence-electron chi connectivity index (χ0n) is 8.48. The predicted molar refractivity (Wildman–Crippen MR) is 73.1 cm³/mol. The highest BCUT2D eigenvalue weighted by Gasteiger charge is 2.28. The number of sulfone groups is 1. The van der Waals surface area contributed by atoms with Crippen LogP contribution >= 0.6 is 34.2 Å². The predicted octanol–water partition coefficient (Wildman–Crippen LogP) is 2.72. The molecule has 1 aromatic rings. The van der Waals surface area contributed by atoms with Gasteiger partial charge in [0.1, 0.15) is 0 Å². The Morgan fingerprint density at radius 1 is 1.50 bits per heavy atom. The largest absolute Gasteiger partial charge is 0.292 e. The van der Waals surface area contributed by atoms with Crippen LogP contribution in [0.25, 0.3) is 0 Å². The molecule has 3 nitrogen and oxygen atoms in total. The first kappa shape index (κ1) is 13.9. The summed E-state index contributed by atoms with van der Waals surface area (Å²) in [5.41, 5.74) is 0.323. The SMILES string of the molecule is CCS(=O)(=O)[C@H](I)C(=O)c1cccc(Cl)c1. The quantitative estimate of drug-likeness (QED) is 0.464. The molecule has 1 rings (SSSR count). The molecule has 0 N–H and O–H groups in total. The lowest BCUT2D eigenvalue weighted by atomic mass is 10.1. The van der Waals surface area contributed by atoms with Gasteiger partial charge in [0.05, 0.1) is 0 Å². The first-order valence-corrected chi connectivity index (χ1v) is 7.88. The molecule has 0 amide bonds. The van der Waals surface area contributed by atoms with Gasteiger partial charge in [0.15, 0.2) is 18.9 Å². The summed E-state index contributed by atoms with van der Waals surface area (Å²) >= 11 is 7.38. The molecule has 1 aromatic carbocycles. The Labute approximate surface area is 113 Å². The van der Waals surface area contributed by atoms with E-state index < -0.39 is 18.9 Å². The summed E-state index contributed by atoms with van der Waals surface area (Å²) < 4.78 is 22.0. The minimum Gasteiger partial charge on any atom is -0.292 e. The summed E-state index contributed by atoms with van der Waals surface area (Å²) in [7, 11) is -3.36. The van der Waals surface area contributed by atoms with Crippen molar-refractivity contribution >= 4 is 49.8 Å². The van der Waals surface area contributed by atoms with Gasteiger partial charge >= 0.3 is 0 Å². The van der Waals surface area contributed by atoms with Crippen LogP contribution in [0.4, 0.5) is 0 Å². The third kappa shape index (κ3) is 3.18. The Balaban J connectivity index is 3.04. The molecule has 0 unspecified atom stereocenters. The van der Waals surface area contributed by atoms with Gasteiger partial charge in [-0.05, 0) is 12.1 Å².